The van der Waals surface area contributed by atoms with Gasteiger partial charge in [-0.25, -0.2) is 9.67 Å². The van der Waals surface area contributed by atoms with E-state index in [1.54, 1.807) is 6.33 Å². The SMILES string of the molecule is CCn1ncnc1CN(CCCO)Cc1ccc(C)s1. The molecule has 20 heavy (non-hydrogen) atoms. The summed E-state index contributed by atoms with van der Waals surface area (Å²) in [6, 6.07) is 4.33. The fourth-order valence-corrected chi connectivity index (χ4v) is 3.11. The number of aryl methyl sites for hydroxylation is 2. The van der Waals surface area contributed by atoms with Crippen molar-refractivity contribution in [3.63, 3.8) is 0 Å². The number of hydrogen-bond donors (Lipinski definition) is 1. The first-order valence-corrected chi connectivity index (χ1v) is 7.79. The van der Waals surface area contributed by atoms with Crippen LogP contribution in [0.5, 0.6) is 0 Å². The molecule has 0 unspecified atom stereocenters. The molecule has 2 heterocycles. The molecule has 2 aromatic rings. The van der Waals surface area contributed by atoms with Crippen LogP contribution in [0.2, 0.25) is 0 Å². The van der Waals surface area contributed by atoms with E-state index in [4.69, 9.17) is 5.11 Å². The number of hydrogen-bond acceptors (Lipinski definition) is 5. The van der Waals surface area contributed by atoms with Crippen LogP contribution in [-0.2, 0) is 19.6 Å². The Bertz CT molecular complexity index is 523. The molecule has 0 aromatic carbocycles. The molecule has 0 aliphatic carbocycles. The van der Waals surface area contributed by atoms with Crippen LogP contribution in [0, 0.1) is 6.92 Å². The molecule has 0 amide bonds. The molecular weight excluding hydrogens is 272 g/mol. The van der Waals surface area contributed by atoms with Crippen LogP contribution in [-0.4, -0.2) is 37.9 Å². The van der Waals surface area contributed by atoms with Gasteiger partial charge in [0.05, 0.1) is 6.54 Å². The summed E-state index contributed by atoms with van der Waals surface area (Å²) < 4.78 is 1.92. The van der Waals surface area contributed by atoms with Crippen LogP contribution in [0.15, 0.2) is 18.5 Å². The van der Waals surface area contributed by atoms with Crippen LogP contribution in [0.1, 0.15) is 28.9 Å². The van der Waals surface area contributed by atoms with Crippen molar-refractivity contribution in [3.05, 3.63) is 34.0 Å². The van der Waals surface area contributed by atoms with Crippen molar-refractivity contribution in [2.75, 3.05) is 13.2 Å². The van der Waals surface area contributed by atoms with E-state index in [1.165, 1.54) is 9.75 Å². The normalized spacial score (nSPS) is 11.4. The number of nitrogens with zero attached hydrogens (tertiary/aromatic N) is 4. The number of thiophene rings is 1. The van der Waals surface area contributed by atoms with Crippen LogP contribution in [0.3, 0.4) is 0 Å². The van der Waals surface area contributed by atoms with Crippen LogP contribution >= 0.6 is 11.3 Å². The maximum Gasteiger partial charge on any atom is 0.141 e. The first-order valence-electron chi connectivity index (χ1n) is 6.98. The van der Waals surface area contributed by atoms with Crippen molar-refractivity contribution in [3.8, 4) is 0 Å². The van der Waals surface area contributed by atoms with Crippen molar-refractivity contribution >= 4 is 11.3 Å². The molecule has 110 valence electrons. The number of aliphatic hydroxyl groups excluding tert-OH is 1. The summed E-state index contributed by atoms with van der Waals surface area (Å²) in [5, 5.41) is 13.3. The lowest BCUT2D eigenvalue weighted by Crippen LogP contribution is -2.26. The number of aromatic nitrogens is 3. The lowest BCUT2D eigenvalue weighted by molar-refractivity contribution is 0.208. The average Bonchev–Trinajstić information content (AvgIpc) is 3.05. The van der Waals surface area contributed by atoms with Crippen LogP contribution < -0.4 is 0 Å². The zero-order valence-electron chi connectivity index (χ0n) is 12.1. The van der Waals surface area contributed by atoms with Gasteiger partial charge in [-0.15, -0.1) is 11.3 Å². The summed E-state index contributed by atoms with van der Waals surface area (Å²) in [4.78, 5) is 9.33. The molecule has 0 radical (unpaired) electrons. The van der Waals surface area contributed by atoms with E-state index < -0.39 is 0 Å². The largest absolute Gasteiger partial charge is 0.396 e. The Kier molecular flexibility index (Phi) is 5.70. The topological polar surface area (TPSA) is 54.2 Å². The van der Waals surface area contributed by atoms with Gasteiger partial charge in [-0.2, -0.15) is 5.10 Å². The van der Waals surface area contributed by atoms with Crippen molar-refractivity contribution in [1.82, 2.24) is 19.7 Å². The Morgan fingerprint density at radius 3 is 2.85 bits per heavy atom. The van der Waals surface area contributed by atoms with Gasteiger partial charge in [0.25, 0.3) is 0 Å². The molecular formula is C14H22N4OS. The average molecular weight is 294 g/mol. The van der Waals surface area contributed by atoms with E-state index in [2.05, 4.69) is 41.0 Å². The van der Waals surface area contributed by atoms with Gasteiger partial charge >= 0.3 is 0 Å². The van der Waals surface area contributed by atoms with Crippen molar-refractivity contribution < 1.29 is 5.11 Å². The Hall–Kier alpha value is -1.24. The van der Waals surface area contributed by atoms with Gasteiger partial charge in [0.1, 0.15) is 12.2 Å². The predicted octanol–water partition coefficient (Wildman–Crippen LogP) is 2.05. The third kappa shape index (κ3) is 4.13. The summed E-state index contributed by atoms with van der Waals surface area (Å²) in [5.74, 6) is 0.985. The summed E-state index contributed by atoms with van der Waals surface area (Å²) in [6.45, 7) is 7.78. The quantitative estimate of drug-likeness (QED) is 0.809. The molecule has 1 N–H and O–H groups in total. The molecule has 0 saturated carbocycles. The lowest BCUT2D eigenvalue weighted by Gasteiger charge is -2.20. The number of aliphatic hydroxyl groups is 1. The molecule has 0 saturated heterocycles. The van der Waals surface area contributed by atoms with Gasteiger partial charge in [-0.05, 0) is 32.4 Å². The molecule has 5 nitrogen and oxygen atoms in total. The maximum atomic E-state index is 9.05. The highest BCUT2D eigenvalue weighted by Crippen LogP contribution is 2.18. The minimum Gasteiger partial charge on any atom is -0.396 e. The molecule has 2 aromatic heterocycles. The highest BCUT2D eigenvalue weighted by Gasteiger charge is 2.12. The second kappa shape index (κ2) is 7.52. The molecule has 6 heteroatoms. The van der Waals surface area contributed by atoms with Gasteiger partial charge in [0, 0.05) is 36.0 Å². The Labute approximate surface area is 123 Å². The van der Waals surface area contributed by atoms with Crippen LogP contribution in [0.4, 0.5) is 0 Å². The summed E-state index contributed by atoms with van der Waals surface area (Å²) in [6.07, 6.45) is 2.39. The van der Waals surface area contributed by atoms with Gasteiger partial charge in [-0.3, -0.25) is 4.90 Å². The van der Waals surface area contributed by atoms with Crippen molar-refractivity contribution in [1.29, 1.82) is 0 Å². The van der Waals surface area contributed by atoms with E-state index >= 15 is 0 Å². The Morgan fingerprint density at radius 2 is 2.20 bits per heavy atom. The second-order valence-electron chi connectivity index (χ2n) is 4.79. The van der Waals surface area contributed by atoms with Crippen molar-refractivity contribution in [2.45, 2.75) is 39.9 Å². The van der Waals surface area contributed by atoms with E-state index in [9.17, 15) is 0 Å². The minimum atomic E-state index is 0.223. The molecule has 0 atom stereocenters. The third-order valence-electron chi connectivity index (χ3n) is 3.17. The smallest absolute Gasteiger partial charge is 0.141 e. The summed E-state index contributed by atoms with van der Waals surface area (Å²) >= 11 is 1.83. The van der Waals surface area contributed by atoms with E-state index in [-0.39, 0.29) is 6.61 Å². The van der Waals surface area contributed by atoms with E-state index in [0.717, 1.165) is 38.4 Å². The molecule has 0 fully saturated rings. The maximum absolute atomic E-state index is 9.05. The van der Waals surface area contributed by atoms with E-state index in [1.807, 2.05) is 16.0 Å². The summed E-state index contributed by atoms with van der Waals surface area (Å²) in [7, 11) is 0. The zero-order valence-corrected chi connectivity index (χ0v) is 12.9. The Morgan fingerprint density at radius 1 is 1.35 bits per heavy atom. The first kappa shape index (κ1) is 15.2. The molecule has 2 rings (SSSR count). The molecule has 0 bridgehead atoms. The predicted molar refractivity (Wildman–Crippen MR) is 80.6 cm³/mol. The second-order valence-corrected chi connectivity index (χ2v) is 6.16. The summed E-state index contributed by atoms with van der Waals surface area (Å²) in [5.41, 5.74) is 0. The standard InChI is InChI=1S/C14H22N4OS/c1-3-18-14(15-11-16-18)10-17(7-4-8-19)9-13-6-5-12(2)20-13/h5-6,11,19H,3-4,7-10H2,1-2H3. The highest BCUT2D eigenvalue weighted by molar-refractivity contribution is 7.11. The van der Waals surface area contributed by atoms with Gasteiger partial charge in [0.2, 0.25) is 0 Å². The fraction of sp³-hybridized carbons (Fsp3) is 0.571. The van der Waals surface area contributed by atoms with Crippen molar-refractivity contribution in [2.24, 2.45) is 0 Å². The number of rotatable bonds is 8. The van der Waals surface area contributed by atoms with E-state index in [0.29, 0.717) is 0 Å². The first-order chi connectivity index (χ1) is 9.72. The van der Waals surface area contributed by atoms with Gasteiger partial charge in [-0.1, -0.05) is 0 Å². The fourth-order valence-electron chi connectivity index (χ4n) is 2.17. The monoisotopic (exact) mass is 294 g/mol. The zero-order chi connectivity index (χ0) is 14.4. The third-order valence-corrected chi connectivity index (χ3v) is 4.15. The lowest BCUT2D eigenvalue weighted by atomic mass is 10.3. The van der Waals surface area contributed by atoms with Gasteiger partial charge < -0.3 is 5.11 Å². The molecule has 0 spiro atoms. The minimum absolute atomic E-state index is 0.223. The molecule has 0 aliphatic heterocycles. The van der Waals surface area contributed by atoms with Gasteiger partial charge in [0.15, 0.2) is 0 Å². The van der Waals surface area contributed by atoms with Crippen LogP contribution in [0.25, 0.3) is 0 Å². The Balaban J connectivity index is 2.03. The highest BCUT2D eigenvalue weighted by atomic mass is 32.1. The molecule has 0 aliphatic rings.